The fourth-order valence-electron chi connectivity index (χ4n) is 2.56. The zero-order valence-corrected chi connectivity index (χ0v) is 14.2. The molecule has 2 N–H and O–H groups in total. The standard InChI is InChI=1S/C18H18ClN5/c1-12-6-5-7-13(10-12)15(14-8-3-4-9-21-14)24-18-16(20-2)17(19)22-11-23-18/h3-11,15,20H,1-2H3,(H,22,23,24). The molecule has 0 saturated heterocycles. The molecular formula is C18H18ClN5. The second kappa shape index (κ2) is 7.27. The summed E-state index contributed by atoms with van der Waals surface area (Å²) >= 11 is 6.16. The second-order valence-corrected chi connectivity index (χ2v) is 5.74. The molecule has 3 rings (SSSR count). The Labute approximate surface area is 146 Å². The Hall–Kier alpha value is -2.66. The van der Waals surface area contributed by atoms with Gasteiger partial charge in [0.1, 0.15) is 12.0 Å². The summed E-state index contributed by atoms with van der Waals surface area (Å²) < 4.78 is 0. The van der Waals surface area contributed by atoms with Gasteiger partial charge in [-0.2, -0.15) is 0 Å². The van der Waals surface area contributed by atoms with Gasteiger partial charge in [-0.1, -0.05) is 47.5 Å². The minimum Gasteiger partial charge on any atom is -0.383 e. The van der Waals surface area contributed by atoms with Gasteiger partial charge in [-0.05, 0) is 24.6 Å². The van der Waals surface area contributed by atoms with Gasteiger partial charge in [0.2, 0.25) is 0 Å². The molecule has 2 aromatic heterocycles. The first-order valence-corrected chi connectivity index (χ1v) is 7.99. The molecule has 1 atom stereocenters. The molecule has 24 heavy (non-hydrogen) atoms. The third kappa shape index (κ3) is 3.46. The molecule has 0 aliphatic rings. The first-order valence-electron chi connectivity index (χ1n) is 7.61. The van der Waals surface area contributed by atoms with Gasteiger partial charge < -0.3 is 10.6 Å². The third-order valence-electron chi connectivity index (χ3n) is 3.69. The molecule has 0 aliphatic carbocycles. The number of nitrogens with zero attached hydrogens (tertiary/aromatic N) is 3. The highest BCUT2D eigenvalue weighted by molar-refractivity contribution is 6.32. The number of benzene rings is 1. The van der Waals surface area contributed by atoms with Crippen LogP contribution in [0.25, 0.3) is 0 Å². The molecule has 0 radical (unpaired) electrons. The van der Waals surface area contributed by atoms with Gasteiger partial charge in [-0.3, -0.25) is 4.98 Å². The largest absolute Gasteiger partial charge is 0.383 e. The molecule has 0 saturated carbocycles. The van der Waals surface area contributed by atoms with Gasteiger partial charge in [-0.15, -0.1) is 0 Å². The van der Waals surface area contributed by atoms with Crippen LogP contribution >= 0.6 is 11.6 Å². The molecule has 3 aromatic rings. The predicted molar refractivity (Wildman–Crippen MR) is 97.5 cm³/mol. The van der Waals surface area contributed by atoms with E-state index in [0.717, 1.165) is 11.3 Å². The van der Waals surface area contributed by atoms with Crippen LogP contribution in [0.15, 0.2) is 55.0 Å². The molecule has 0 amide bonds. The molecular weight excluding hydrogens is 322 g/mol. The Balaban J connectivity index is 2.05. The number of aryl methyl sites for hydroxylation is 1. The lowest BCUT2D eigenvalue weighted by Gasteiger charge is -2.21. The third-order valence-corrected chi connectivity index (χ3v) is 3.98. The summed E-state index contributed by atoms with van der Waals surface area (Å²) in [5.74, 6) is 0.634. The van der Waals surface area contributed by atoms with Gasteiger partial charge >= 0.3 is 0 Å². The van der Waals surface area contributed by atoms with Gasteiger partial charge in [0.15, 0.2) is 11.0 Å². The van der Waals surface area contributed by atoms with Crippen molar-refractivity contribution in [2.24, 2.45) is 0 Å². The number of aromatic nitrogens is 3. The molecule has 0 fully saturated rings. The van der Waals surface area contributed by atoms with Crippen LogP contribution in [-0.4, -0.2) is 22.0 Å². The smallest absolute Gasteiger partial charge is 0.157 e. The Kier molecular flexibility index (Phi) is 4.91. The van der Waals surface area contributed by atoms with Crippen molar-refractivity contribution in [3.05, 3.63) is 77.0 Å². The summed E-state index contributed by atoms with van der Waals surface area (Å²) in [6, 6.07) is 14.0. The Morgan fingerprint density at radius 1 is 1.04 bits per heavy atom. The van der Waals surface area contributed by atoms with E-state index >= 15 is 0 Å². The van der Waals surface area contributed by atoms with E-state index in [2.05, 4.69) is 50.7 Å². The number of rotatable bonds is 5. The Morgan fingerprint density at radius 3 is 2.62 bits per heavy atom. The SMILES string of the molecule is CNc1c(Cl)ncnc1NC(c1cccc(C)c1)c1ccccn1. The van der Waals surface area contributed by atoms with Crippen molar-refractivity contribution >= 4 is 23.1 Å². The quantitative estimate of drug-likeness (QED) is 0.686. The van der Waals surface area contributed by atoms with E-state index in [1.165, 1.54) is 11.9 Å². The molecule has 0 bridgehead atoms. The topological polar surface area (TPSA) is 62.7 Å². The number of hydrogen-bond donors (Lipinski definition) is 2. The van der Waals surface area contributed by atoms with Gasteiger partial charge in [0.25, 0.3) is 0 Å². The van der Waals surface area contributed by atoms with Crippen LogP contribution in [0, 0.1) is 6.92 Å². The Bertz CT molecular complexity index is 823. The molecule has 1 aromatic carbocycles. The first kappa shape index (κ1) is 16.2. The summed E-state index contributed by atoms with van der Waals surface area (Å²) in [6.45, 7) is 2.07. The summed E-state index contributed by atoms with van der Waals surface area (Å²) in [5.41, 5.74) is 3.85. The maximum absolute atomic E-state index is 6.16. The van der Waals surface area contributed by atoms with Crippen LogP contribution in [0.1, 0.15) is 22.9 Å². The van der Waals surface area contributed by atoms with Gasteiger partial charge in [-0.25, -0.2) is 9.97 Å². The summed E-state index contributed by atoms with van der Waals surface area (Å²) in [6.07, 6.45) is 3.23. The molecule has 1 unspecified atom stereocenters. The van der Waals surface area contributed by atoms with Crippen molar-refractivity contribution in [1.82, 2.24) is 15.0 Å². The molecule has 122 valence electrons. The summed E-state index contributed by atoms with van der Waals surface area (Å²) in [4.78, 5) is 12.8. The summed E-state index contributed by atoms with van der Waals surface area (Å²) in [7, 11) is 1.79. The van der Waals surface area contributed by atoms with Crippen LogP contribution in [0.2, 0.25) is 5.15 Å². The van der Waals surface area contributed by atoms with E-state index in [0.29, 0.717) is 16.7 Å². The fraction of sp³-hybridized carbons (Fsp3) is 0.167. The van der Waals surface area contributed by atoms with Gasteiger partial charge in [0.05, 0.1) is 11.7 Å². The molecule has 0 spiro atoms. The van der Waals surface area contributed by atoms with Crippen LogP contribution < -0.4 is 10.6 Å². The van der Waals surface area contributed by atoms with Crippen molar-refractivity contribution < 1.29 is 0 Å². The minimum absolute atomic E-state index is 0.149. The predicted octanol–water partition coefficient (Wildman–Crippen LogP) is 4.08. The monoisotopic (exact) mass is 339 g/mol. The number of nitrogens with one attached hydrogen (secondary N) is 2. The van der Waals surface area contributed by atoms with Crippen molar-refractivity contribution in [2.75, 3.05) is 17.7 Å². The van der Waals surface area contributed by atoms with Crippen molar-refractivity contribution in [1.29, 1.82) is 0 Å². The average molecular weight is 340 g/mol. The molecule has 6 heteroatoms. The maximum Gasteiger partial charge on any atom is 0.157 e. The van der Waals surface area contributed by atoms with E-state index in [1.807, 2.05) is 24.3 Å². The zero-order valence-electron chi connectivity index (χ0n) is 13.5. The minimum atomic E-state index is -0.149. The molecule has 2 heterocycles. The van der Waals surface area contributed by atoms with Crippen LogP contribution in [0.5, 0.6) is 0 Å². The van der Waals surface area contributed by atoms with E-state index in [-0.39, 0.29) is 6.04 Å². The second-order valence-electron chi connectivity index (χ2n) is 5.38. The lowest BCUT2D eigenvalue weighted by atomic mass is 10.0. The fourth-order valence-corrected chi connectivity index (χ4v) is 2.78. The van der Waals surface area contributed by atoms with E-state index < -0.39 is 0 Å². The highest BCUT2D eigenvalue weighted by atomic mass is 35.5. The van der Waals surface area contributed by atoms with Crippen molar-refractivity contribution in [3.8, 4) is 0 Å². The van der Waals surface area contributed by atoms with Crippen molar-refractivity contribution in [2.45, 2.75) is 13.0 Å². The zero-order chi connectivity index (χ0) is 16.9. The summed E-state index contributed by atoms with van der Waals surface area (Å²) in [5, 5.41) is 6.86. The molecule has 5 nitrogen and oxygen atoms in total. The number of halogens is 1. The van der Waals surface area contributed by atoms with Crippen LogP contribution in [-0.2, 0) is 0 Å². The normalized spacial score (nSPS) is 11.8. The van der Waals surface area contributed by atoms with Crippen LogP contribution in [0.3, 0.4) is 0 Å². The average Bonchev–Trinajstić information content (AvgIpc) is 2.60. The number of anilines is 2. The van der Waals surface area contributed by atoms with E-state index in [1.54, 1.807) is 13.2 Å². The highest BCUT2D eigenvalue weighted by Gasteiger charge is 2.18. The Morgan fingerprint density at radius 2 is 1.92 bits per heavy atom. The van der Waals surface area contributed by atoms with Crippen LogP contribution in [0.4, 0.5) is 11.5 Å². The van der Waals surface area contributed by atoms with Crippen molar-refractivity contribution in [3.63, 3.8) is 0 Å². The van der Waals surface area contributed by atoms with E-state index in [9.17, 15) is 0 Å². The lowest BCUT2D eigenvalue weighted by Crippen LogP contribution is -2.16. The first-order chi connectivity index (χ1) is 11.7. The number of pyridine rings is 1. The highest BCUT2D eigenvalue weighted by Crippen LogP contribution is 2.31. The lowest BCUT2D eigenvalue weighted by molar-refractivity contribution is 0.874. The van der Waals surface area contributed by atoms with Gasteiger partial charge in [0, 0.05) is 13.2 Å². The van der Waals surface area contributed by atoms with E-state index in [4.69, 9.17) is 11.6 Å². The number of hydrogen-bond acceptors (Lipinski definition) is 5. The maximum atomic E-state index is 6.16. The molecule has 0 aliphatic heterocycles.